The van der Waals surface area contributed by atoms with Crippen molar-refractivity contribution in [1.82, 2.24) is 15.0 Å². The number of nitrogens with one attached hydrogen (secondary N) is 2. The van der Waals surface area contributed by atoms with E-state index in [2.05, 4.69) is 32.6 Å². The average molecular weight is 280 g/mol. The zero-order valence-corrected chi connectivity index (χ0v) is 12.4. The zero-order valence-electron chi connectivity index (χ0n) is 12.4. The number of nitrogen functional groups attached to an aromatic ring is 1. The molecule has 112 valence electrons. The fourth-order valence-electron chi connectivity index (χ4n) is 2.51. The van der Waals surface area contributed by atoms with Crippen molar-refractivity contribution < 1.29 is 4.74 Å². The van der Waals surface area contributed by atoms with Gasteiger partial charge < -0.3 is 10.1 Å². The number of ether oxygens (including phenoxy) is 1. The van der Waals surface area contributed by atoms with E-state index in [0.717, 1.165) is 12.5 Å². The van der Waals surface area contributed by atoms with Crippen LogP contribution in [0.4, 0.5) is 11.9 Å². The van der Waals surface area contributed by atoms with Crippen molar-refractivity contribution in [2.24, 2.45) is 17.7 Å². The maximum Gasteiger partial charge on any atom is 0.323 e. The molecule has 1 saturated carbocycles. The van der Waals surface area contributed by atoms with Crippen molar-refractivity contribution in [2.75, 3.05) is 17.3 Å². The molecule has 0 radical (unpaired) electrons. The summed E-state index contributed by atoms with van der Waals surface area (Å²) in [6, 6.07) is 0.282. The van der Waals surface area contributed by atoms with Gasteiger partial charge in [-0.2, -0.15) is 15.0 Å². The number of aromatic nitrogens is 3. The van der Waals surface area contributed by atoms with E-state index in [1.807, 2.05) is 13.8 Å². The highest BCUT2D eigenvalue weighted by atomic mass is 16.5. The number of anilines is 2. The lowest BCUT2D eigenvalue weighted by molar-refractivity contribution is 0.222. The first-order valence-electron chi connectivity index (χ1n) is 7.21. The lowest BCUT2D eigenvalue weighted by Crippen LogP contribution is -2.20. The van der Waals surface area contributed by atoms with E-state index >= 15 is 0 Å². The van der Waals surface area contributed by atoms with Crippen LogP contribution in [0.3, 0.4) is 0 Å². The van der Waals surface area contributed by atoms with Gasteiger partial charge in [0.05, 0.1) is 6.10 Å². The SMILES string of the molecule is CC(C)Oc1nc(NN)nc(NCC2CCCC2C)n1. The van der Waals surface area contributed by atoms with Gasteiger partial charge in [-0.05, 0) is 32.1 Å². The number of hydrogen-bond acceptors (Lipinski definition) is 7. The van der Waals surface area contributed by atoms with E-state index < -0.39 is 0 Å². The summed E-state index contributed by atoms with van der Waals surface area (Å²) in [6.07, 6.45) is 3.88. The van der Waals surface area contributed by atoms with Crippen LogP contribution in [-0.4, -0.2) is 27.6 Å². The summed E-state index contributed by atoms with van der Waals surface area (Å²) in [5.41, 5.74) is 2.44. The monoisotopic (exact) mass is 280 g/mol. The second kappa shape index (κ2) is 6.69. The van der Waals surface area contributed by atoms with E-state index in [4.69, 9.17) is 10.6 Å². The van der Waals surface area contributed by atoms with E-state index in [1.165, 1.54) is 19.3 Å². The summed E-state index contributed by atoms with van der Waals surface area (Å²) in [6.45, 7) is 7.02. The lowest BCUT2D eigenvalue weighted by atomic mass is 9.98. The molecule has 0 aliphatic heterocycles. The van der Waals surface area contributed by atoms with Gasteiger partial charge in [-0.15, -0.1) is 0 Å². The van der Waals surface area contributed by atoms with Gasteiger partial charge in [-0.3, -0.25) is 5.43 Å². The maximum atomic E-state index is 5.49. The zero-order chi connectivity index (χ0) is 14.5. The smallest absolute Gasteiger partial charge is 0.323 e. The molecule has 0 saturated heterocycles. The molecule has 1 fully saturated rings. The molecule has 1 aromatic heterocycles. The average Bonchev–Trinajstić information content (AvgIpc) is 2.81. The predicted molar refractivity (Wildman–Crippen MR) is 78.4 cm³/mol. The van der Waals surface area contributed by atoms with Gasteiger partial charge >= 0.3 is 6.01 Å². The number of hydrogen-bond donors (Lipinski definition) is 3. The quantitative estimate of drug-likeness (QED) is 0.539. The predicted octanol–water partition coefficient (Wildman–Crippen LogP) is 1.79. The van der Waals surface area contributed by atoms with Crippen LogP contribution in [0.1, 0.15) is 40.0 Å². The first-order valence-corrected chi connectivity index (χ1v) is 7.21. The van der Waals surface area contributed by atoms with Crippen molar-refractivity contribution in [2.45, 2.75) is 46.1 Å². The number of hydrazine groups is 1. The molecular formula is C13H24N6O. The Balaban J connectivity index is 2.02. The van der Waals surface area contributed by atoms with E-state index in [9.17, 15) is 0 Å². The molecule has 0 bridgehead atoms. The molecule has 0 spiro atoms. The number of nitrogens with two attached hydrogens (primary N) is 1. The van der Waals surface area contributed by atoms with Crippen molar-refractivity contribution in [3.8, 4) is 6.01 Å². The minimum Gasteiger partial charge on any atom is -0.461 e. The summed E-state index contributed by atoms with van der Waals surface area (Å²) in [5.74, 6) is 7.61. The Bertz CT molecular complexity index is 439. The van der Waals surface area contributed by atoms with E-state index in [0.29, 0.717) is 17.8 Å². The van der Waals surface area contributed by atoms with Gasteiger partial charge in [0, 0.05) is 6.54 Å². The fourth-order valence-corrected chi connectivity index (χ4v) is 2.51. The van der Waals surface area contributed by atoms with Gasteiger partial charge in [-0.1, -0.05) is 19.8 Å². The van der Waals surface area contributed by atoms with Crippen molar-refractivity contribution >= 4 is 11.9 Å². The molecule has 4 N–H and O–H groups in total. The largest absolute Gasteiger partial charge is 0.461 e. The Morgan fingerprint density at radius 2 is 2.00 bits per heavy atom. The standard InChI is InChI=1S/C13H24N6O/c1-8(2)20-13-17-11(16-12(18-13)19-14)15-7-10-6-4-5-9(10)3/h8-10H,4-7,14H2,1-3H3,(H2,15,16,17,18,19). The third-order valence-corrected chi connectivity index (χ3v) is 3.65. The van der Waals surface area contributed by atoms with E-state index in [1.54, 1.807) is 0 Å². The highest BCUT2D eigenvalue weighted by molar-refractivity contribution is 5.35. The molecule has 2 rings (SSSR count). The van der Waals surface area contributed by atoms with Crippen LogP contribution < -0.4 is 21.3 Å². The first-order chi connectivity index (χ1) is 9.58. The summed E-state index contributed by atoms with van der Waals surface area (Å²) in [4.78, 5) is 12.5. The molecule has 2 atom stereocenters. The minimum atomic E-state index is 0.00530. The fraction of sp³-hybridized carbons (Fsp3) is 0.769. The topological polar surface area (TPSA) is 98.0 Å². The van der Waals surface area contributed by atoms with Gasteiger partial charge in [-0.25, -0.2) is 5.84 Å². The lowest BCUT2D eigenvalue weighted by Gasteiger charge is -2.16. The Hall–Kier alpha value is -1.63. The molecule has 7 nitrogen and oxygen atoms in total. The second-order valence-corrected chi connectivity index (χ2v) is 5.63. The molecule has 20 heavy (non-hydrogen) atoms. The van der Waals surface area contributed by atoms with Crippen LogP contribution >= 0.6 is 0 Å². The van der Waals surface area contributed by atoms with Gasteiger partial charge in [0.1, 0.15) is 0 Å². The highest BCUT2D eigenvalue weighted by Crippen LogP contribution is 2.31. The summed E-state index contributed by atoms with van der Waals surface area (Å²) >= 11 is 0. The summed E-state index contributed by atoms with van der Waals surface area (Å²) in [5, 5.41) is 3.27. The van der Waals surface area contributed by atoms with Crippen LogP contribution in [0.2, 0.25) is 0 Å². The Kier molecular flexibility index (Phi) is 4.94. The molecule has 0 amide bonds. The number of rotatable bonds is 6. The Morgan fingerprint density at radius 1 is 1.25 bits per heavy atom. The van der Waals surface area contributed by atoms with E-state index in [-0.39, 0.29) is 12.1 Å². The molecule has 1 heterocycles. The molecule has 1 aliphatic rings. The highest BCUT2D eigenvalue weighted by Gasteiger charge is 2.23. The van der Waals surface area contributed by atoms with Gasteiger partial charge in [0.25, 0.3) is 0 Å². The second-order valence-electron chi connectivity index (χ2n) is 5.63. The molecule has 1 aliphatic carbocycles. The molecule has 1 aromatic rings. The molecule has 0 aromatic carbocycles. The third kappa shape index (κ3) is 3.93. The van der Waals surface area contributed by atoms with Crippen molar-refractivity contribution in [3.05, 3.63) is 0 Å². The maximum absolute atomic E-state index is 5.49. The van der Waals surface area contributed by atoms with Gasteiger partial charge in [0.15, 0.2) is 0 Å². The van der Waals surface area contributed by atoms with Crippen LogP contribution in [0.25, 0.3) is 0 Å². The van der Waals surface area contributed by atoms with Crippen LogP contribution in [0.15, 0.2) is 0 Å². The molecular weight excluding hydrogens is 256 g/mol. The van der Waals surface area contributed by atoms with Crippen LogP contribution in [0.5, 0.6) is 6.01 Å². The Labute approximate surface area is 119 Å². The minimum absolute atomic E-state index is 0.00530. The third-order valence-electron chi connectivity index (χ3n) is 3.65. The first kappa shape index (κ1) is 14.8. The van der Waals surface area contributed by atoms with Crippen LogP contribution in [-0.2, 0) is 0 Å². The Morgan fingerprint density at radius 3 is 2.60 bits per heavy atom. The molecule has 7 heteroatoms. The normalized spacial score (nSPS) is 22.1. The van der Waals surface area contributed by atoms with Crippen molar-refractivity contribution in [3.63, 3.8) is 0 Å². The summed E-state index contributed by atoms with van der Waals surface area (Å²) in [7, 11) is 0. The molecule has 2 unspecified atom stereocenters. The van der Waals surface area contributed by atoms with Gasteiger partial charge in [0.2, 0.25) is 11.9 Å². The number of nitrogens with zero attached hydrogens (tertiary/aromatic N) is 3. The van der Waals surface area contributed by atoms with Crippen LogP contribution in [0, 0.1) is 11.8 Å². The van der Waals surface area contributed by atoms with Crippen molar-refractivity contribution in [1.29, 1.82) is 0 Å². The summed E-state index contributed by atoms with van der Waals surface area (Å²) < 4.78 is 5.49.